The Morgan fingerprint density at radius 3 is 2.83 bits per heavy atom. The average Bonchev–Trinajstić information content (AvgIpc) is 2.75. The molecule has 1 heterocycles. The Labute approximate surface area is 107 Å². The van der Waals surface area contributed by atoms with Gasteiger partial charge in [0.2, 0.25) is 11.8 Å². The molecule has 1 N–H and O–H groups in total. The quantitative estimate of drug-likeness (QED) is 0.594. The van der Waals surface area contributed by atoms with E-state index >= 15 is 0 Å². The van der Waals surface area contributed by atoms with Gasteiger partial charge in [0.25, 0.3) is 0 Å². The number of ether oxygens (including phenoxy) is 1. The molecule has 1 rings (SSSR count). The normalized spacial score (nSPS) is 15.2. The first kappa shape index (κ1) is 14.9. The van der Waals surface area contributed by atoms with Crippen molar-refractivity contribution in [1.29, 1.82) is 0 Å². The maximum atomic E-state index is 12.0. The fraction of sp³-hybridized carbons (Fsp3) is 0.833. The Morgan fingerprint density at radius 1 is 1.50 bits per heavy atom. The Bertz CT molecular complexity index is 283. The van der Waals surface area contributed by atoms with E-state index in [1.54, 1.807) is 9.80 Å². The van der Waals surface area contributed by atoms with Crippen LogP contribution in [0.5, 0.6) is 0 Å². The van der Waals surface area contributed by atoms with E-state index < -0.39 is 0 Å². The van der Waals surface area contributed by atoms with Gasteiger partial charge in [0.15, 0.2) is 0 Å². The second-order valence-electron chi connectivity index (χ2n) is 4.23. The third-order valence-corrected chi connectivity index (χ3v) is 2.97. The second-order valence-corrected chi connectivity index (χ2v) is 4.23. The Kier molecular flexibility index (Phi) is 6.67. The molecule has 2 amide bonds. The van der Waals surface area contributed by atoms with Gasteiger partial charge in [-0.15, -0.1) is 0 Å². The van der Waals surface area contributed by atoms with Crippen molar-refractivity contribution in [2.45, 2.75) is 19.8 Å². The zero-order valence-electron chi connectivity index (χ0n) is 10.9. The van der Waals surface area contributed by atoms with Crippen molar-refractivity contribution in [3.63, 3.8) is 0 Å². The third-order valence-electron chi connectivity index (χ3n) is 2.97. The molecule has 0 aliphatic carbocycles. The molecular weight excluding hydrogens is 236 g/mol. The molecule has 0 radical (unpaired) electrons. The molecule has 18 heavy (non-hydrogen) atoms. The average molecular weight is 258 g/mol. The molecular formula is C12H22N2O4. The van der Waals surface area contributed by atoms with Crippen molar-refractivity contribution < 1.29 is 19.4 Å². The molecule has 1 fully saturated rings. The molecule has 6 heteroatoms. The van der Waals surface area contributed by atoms with E-state index in [2.05, 4.69) is 0 Å². The van der Waals surface area contributed by atoms with Crippen LogP contribution in [0.15, 0.2) is 0 Å². The fourth-order valence-corrected chi connectivity index (χ4v) is 1.93. The summed E-state index contributed by atoms with van der Waals surface area (Å²) in [6.07, 6.45) is 1.40. The van der Waals surface area contributed by atoms with Crippen LogP contribution < -0.4 is 0 Å². The fourth-order valence-electron chi connectivity index (χ4n) is 1.93. The summed E-state index contributed by atoms with van der Waals surface area (Å²) >= 11 is 0. The van der Waals surface area contributed by atoms with Crippen LogP contribution >= 0.6 is 0 Å². The van der Waals surface area contributed by atoms with E-state index in [-0.39, 0.29) is 31.6 Å². The molecule has 0 aromatic heterocycles. The molecule has 0 unspecified atom stereocenters. The van der Waals surface area contributed by atoms with Gasteiger partial charge >= 0.3 is 0 Å². The summed E-state index contributed by atoms with van der Waals surface area (Å²) in [4.78, 5) is 26.7. The van der Waals surface area contributed by atoms with Crippen molar-refractivity contribution in [2.75, 3.05) is 46.0 Å². The second kappa shape index (κ2) is 8.05. The minimum Gasteiger partial charge on any atom is -0.394 e. The highest BCUT2D eigenvalue weighted by Gasteiger charge is 2.24. The lowest BCUT2D eigenvalue weighted by Crippen LogP contribution is -2.42. The van der Waals surface area contributed by atoms with E-state index in [1.807, 2.05) is 6.92 Å². The molecule has 6 nitrogen and oxygen atoms in total. The molecule has 0 atom stereocenters. The van der Waals surface area contributed by atoms with Gasteiger partial charge in [-0.3, -0.25) is 9.59 Å². The Morgan fingerprint density at radius 2 is 2.28 bits per heavy atom. The lowest BCUT2D eigenvalue weighted by molar-refractivity contribution is -0.138. The van der Waals surface area contributed by atoms with Gasteiger partial charge in [-0.05, 0) is 13.3 Å². The lowest BCUT2D eigenvalue weighted by Gasteiger charge is -2.24. The summed E-state index contributed by atoms with van der Waals surface area (Å²) in [5.74, 6) is 0.0243. The molecule has 0 aromatic carbocycles. The van der Waals surface area contributed by atoms with Gasteiger partial charge in [-0.2, -0.15) is 0 Å². The van der Waals surface area contributed by atoms with Crippen LogP contribution in [0.4, 0.5) is 0 Å². The van der Waals surface area contributed by atoms with Gasteiger partial charge in [0, 0.05) is 26.1 Å². The molecule has 0 aromatic rings. The predicted molar refractivity (Wildman–Crippen MR) is 66.0 cm³/mol. The third kappa shape index (κ3) is 4.62. The largest absolute Gasteiger partial charge is 0.394 e. The molecule has 0 saturated carbocycles. The van der Waals surface area contributed by atoms with Gasteiger partial charge < -0.3 is 19.6 Å². The highest BCUT2D eigenvalue weighted by Crippen LogP contribution is 2.09. The van der Waals surface area contributed by atoms with Crippen molar-refractivity contribution >= 4 is 11.8 Å². The van der Waals surface area contributed by atoms with E-state index in [0.29, 0.717) is 32.7 Å². The highest BCUT2D eigenvalue weighted by molar-refractivity contribution is 5.85. The number of hydrogen-bond acceptors (Lipinski definition) is 4. The van der Waals surface area contributed by atoms with Crippen LogP contribution in [0.1, 0.15) is 19.8 Å². The first-order valence-electron chi connectivity index (χ1n) is 6.43. The summed E-state index contributed by atoms with van der Waals surface area (Å²) in [6, 6.07) is 0. The van der Waals surface area contributed by atoms with Gasteiger partial charge in [0.05, 0.1) is 26.4 Å². The van der Waals surface area contributed by atoms with E-state index in [9.17, 15) is 9.59 Å². The van der Waals surface area contributed by atoms with E-state index in [4.69, 9.17) is 9.84 Å². The first-order valence-corrected chi connectivity index (χ1v) is 6.43. The highest BCUT2D eigenvalue weighted by atomic mass is 16.5. The molecule has 0 spiro atoms. The maximum absolute atomic E-state index is 12.0. The number of nitrogens with zero attached hydrogens (tertiary/aromatic N) is 2. The number of aliphatic hydroxyl groups is 1. The molecule has 0 bridgehead atoms. The number of hydrogen-bond donors (Lipinski definition) is 1. The van der Waals surface area contributed by atoms with Crippen molar-refractivity contribution in [1.82, 2.24) is 9.80 Å². The Hall–Kier alpha value is -1.14. The van der Waals surface area contributed by atoms with Crippen LogP contribution in [-0.4, -0.2) is 72.7 Å². The number of carbonyl (C=O) groups is 2. The minimum atomic E-state index is -0.0413. The molecule has 1 saturated heterocycles. The zero-order chi connectivity index (χ0) is 13.4. The number of carbonyl (C=O) groups excluding carboxylic acids is 2. The van der Waals surface area contributed by atoms with Crippen molar-refractivity contribution in [2.24, 2.45) is 0 Å². The summed E-state index contributed by atoms with van der Waals surface area (Å²) in [6.45, 7) is 4.54. The van der Waals surface area contributed by atoms with Crippen LogP contribution in [-0.2, 0) is 14.3 Å². The number of likely N-dealkylation sites (N-methyl/N-ethyl adjacent to an activating group) is 1. The standard InChI is InChI=1S/C12H22N2O4/c1-2-13(6-8-18-9-7-15)12(17)10-14-5-3-4-11(14)16/h15H,2-10H2,1H3. The van der Waals surface area contributed by atoms with Gasteiger partial charge in [0.1, 0.15) is 0 Å². The van der Waals surface area contributed by atoms with Gasteiger partial charge in [-0.1, -0.05) is 0 Å². The number of likely N-dealkylation sites (tertiary alicyclic amines) is 1. The summed E-state index contributed by atoms with van der Waals surface area (Å²) in [7, 11) is 0. The monoisotopic (exact) mass is 258 g/mol. The van der Waals surface area contributed by atoms with Crippen molar-refractivity contribution in [3.8, 4) is 0 Å². The maximum Gasteiger partial charge on any atom is 0.242 e. The lowest BCUT2D eigenvalue weighted by atomic mass is 10.4. The summed E-state index contributed by atoms with van der Waals surface area (Å²) < 4.78 is 5.13. The van der Waals surface area contributed by atoms with Crippen LogP contribution in [0, 0.1) is 0 Å². The first-order chi connectivity index (χ1) is 8.69. The zero-order valence-corrected chi connectivity index (χ0v) is 10.9. The molecule has 1 aliphatic rings. The predicted octanol–water partition coefficient (Wildman–Crippen LogP) is -0.534. The van der Waals surface area contributed by atoms with Gasteiger partial charge in [-0.25, -0.2) is 0 Å². The van der Waals surface area contributed by atoms with E-state index in [1.165, 1.54) is 0 Å². The molecule has 1 aliphatic heterocycles. The minimum absolute atomic E-state index is 0.0116. The van der Waals surface area contributed by atoms with Crippen LogP contribution in [0.2, 0.25) is 0 Å². The topological polar surface area (TPSA) is 70.1 Å². The van der Waals surface area contributed by atoms with Crippen molar-refractivity contribution in [3.05, 3.63) is 0 Å². The summed E-state index contributed by atoms with van der Waals surface area (Å²) in [5.41, 5.74) is 0. The number of rotatable bonds is 8. The SMILES string of the molecule is CCN(CCOCCO)C(=O)CN1CCCC1=O. The number of amides is 2. The van der Waals surface area contributed by atoms with Crippen LogP contribution in [0.3, 0.4) is 0 Å². The molecule has 104 valence electrons. The summed E-state index contributed by atoms with van der Waals surface area (Å²) in [5, 5.41) is 8.57. The number of aliphatic hydroxyl groups excluding tert-OH is 1. The smallest absolute Gasteiger partial charge is 0.242 e. The van der Waals surface area contributed by atoms with Crippen LogP contribution in [0.25, 0.3) is 0 Å². The van der Waals surface area contributed by atoms with E-state index in [0.717, 1.165) is 6.42 Å². The Balaban J connectivity index is 2.30.